The van der Waals surface area contributed by atoms with E-state index in [0.717, 1.165) is 22.7 Å². The van der Waals surface area contributed by atoms with Crippen LogP contribution in [0.2, 0.25) is 0 Å². The van der Waals surface area contributed by atoms with Crippen molar-refractivity contribution in [3.05, 3.63) is 33.5 Å². The van der Waals surface area contributed by atoms with Gasteiger partial charge in [0.2, 0.25) is 5.91 Å². The van der Waals surface area contributed by atoms with Gasteiger partial charge in [-0.05, 0) is 39.3 Å². The zero-order valence-corrected chi connectivity index (χ0v) is 16.9. The highest BCUT2D eigenvalue weighted by molar-refractivity contribution is 7.18. The van der Waals surface area contributed by atoms with Crippen molar-refractivity contribution in [2.45, 2.75) is 40.7 Å². The van der Waals surface area contributed by atoms with Crippen LogP contribution >= 0.6 is 11.3 Å². The van der Waals surface area contributed by atoms with Gasteiger partial charge >= 0.3 is 11.9 Å². The van der Waals surface area contributed by atoms with Crippen molar-refractivity contribution >= 4 is 34.2 Å². The molecule has 0 aliphatic carbocycles. The summed E-state index contributed by atoms with van der Waals surface area (Å²) in [7, 11) is 1.25. The monoisotopic (exact) mass is 393 g/mol. The molecule has 146 valence electrons. The molecule has 0 aliphatic rings. The third-order valence-corrected chi connectivity index (χ3v) is 5.09. The molecule has 2 rings (SSSR count). The van der Waals surface area contributed by atoms with Crippen LogP contribution in [0.1, 0.15) is 50.3 Å². The number of nitrogens with zero attached hydrogens (tertiary/aromatic N) is 2. The topological polar surface area (TPSA) is 99.5 Å². The number of methoxy groups -OCH3 is 1. The minimum atomic E-state index is -0.617. The maximum absolute atomic E-state index is 12.4. The number of thiophene rings is 1. The number of aromatic nitrogens is 2. The molecule has 0 spiro atoms. The summed E-state index contributed by atoms with van der Waals surface area (Å²) in [5, 5.41) is 7.30. The lowest BCUT2D eigenvalue weighted by atomic mass is 10.1. The number of aryl methyl sites for hydroxylation is 3. The second-order valence-electron chi connectivity index (χ2n) is 5.92. The van der Waals surface area contributed by atoms with Gasteiger partial charge in [-0.25, -0.2) is 9.59 Å². The lowest BCUT2D eigenvalue weighted by Gasteiger charge is -2.07. The fourth-order valence-electron chi connectivity index (χ4n) is 2.64. The maximum atomic E-state index is 12.4. The minimum Gasteiger partial charge on any atom is -0.465 e. The second kappa shape index (κ2) is 8.81. The number of esters is 2. The fraction of sp³-hybridized carbons (Fsp3) is 0.444. The van der Waals surface area contributed by atoms with E-state index in [1.165, 1.54) is 7.11 Å². The van der Waals surface area contributed by atoms with Gasteiger partial charge in [0.1, 0.15) is 9.88 Å². The highest BCUT2D eigenvalue weighted by Crippen LogP contribution is 2.34. The number of hydrogen-bond donors (Lipinski definition) is 1. The second-order valence-corrected chi connectivity index (χ2v) is 6.94. The summed E-state index contributed by atoms with van der Waals surface area (Å²) in [6.07, 6.45) is 0.175. The molecule has 8 nitrogen and oxygen atoms in total. The Morgan fingerprint density at radius 1 is 1.22 bits per heavy atom. The Balaban J connectivity index is 2.19. The Morgan fingerprint density at radius 3 is 2.48 bits per heavy atom. The number of hydrogen-bond acceptors (Lipinski definition) is 7. The molecule has 0 aliphatic heterocycles. The first-order chi connectivity index (χ1) is 12.8. The van der Waals surface area contributed by atoms with Gasteiger partial charge in [-0.3, -0.25) is 9.48 Å². The van der Waals surface area contributed by atoms with Crippen molar-refractivity contribution in [3.63, 3.8) is 0 Å². The van der Waals surface area contributed by atoms with Crippen LogP contribution in [0.3, 0.4) is 0 Å². The number of nitrogens with one attached hydrogen (secondary N) is 1. The maximum Gasteiger partial charge on any atom is 0.348 e. The van der Waals surface area contributed by atoms with E-state index < -0.39 is 11.9 Å². The minimum absolute atomic E-state index is 0.171. The lowest BCUT2D eigenvalue weighted by Crippen LogP contribution is -2.17. The molecule has 2 heterocycles. The van der Waals surface area contributed by atoms with E-state index in [-0.39, 0.29) is 34.4 Å². The first-order valence-electron chi connectivity index (χ1n) is 8.48. The Bertz CT molecular complexity index is 869. The predicted octanol–water partition coefficient (Wildman–Crippen LogP) is 2.86. The Hall–Kier alpha value is -2.68. The Morgan fingerprint density at radius 2 is 1.93 bits per heavy atom. The number of amides is 1. The quantitative estimate of drug-likeness (QED) is 0.726. The molecule has 0 atom stereocenters. The lowest BCUT2D eigenvalue weighted by molar-refractivity contribution is -0.116. The molecule has 0 bridgehead atoms. The molecule has 2 aromatic heterocycles. The van der Waals surface area contributed by atoms with E-state index >= 15 is 0 Å². The molecular formula is C18H23N3O5S. The van der Waals surface area contributed by atoms with E-state index in [4.69, 9.17) is 9.47 Å². The van der Waals surface area contributed by atoms with Crippen molar-refractivity contribution in [1.29, 1.82) is 0 Å². The van der Waals surface area contributed by atoms with Gasteiger partial charge < -0.3 is 14.8 Å². The average Bonchev–Trinajstić information content (AvgIpc) is 3.11. The highest BCUT2D eigenvalue weighted by atomic mass is 32.1. The molecule has 1 amide bonds. The fourth-order valence-corrected chi connectivity index (χ4v) is 3.74. The van der Waals surface area contributed by atoms with E-state index in [0.29, 0.717) is 12.1 Å². The third kappa shape index (κ3) is 4.73. The Kier molecular flexibility index (Phi) is 6.73. The molecule has 0 saturated heterocycles. The van der Waals surface area contributed by atoms with Crippen LogP contribution in [0.25, 0.3) is 0 Å². The first kappa shape index (κ1) is 20.6. The summed E-state index contributed by atoms with van der Waals surface area (Å²) in [6, 6.07) is 1.93. The standard InChI is InChI=1S/C18H23N3O5S/c1-6-26-18(24)15-12(4)14(17(23)25-5)16(27-15)19-13(22)7-8-21-11(3)9-10(2)20-21/h9H,6-8H2,1-5H3,(H,19,22). The zero-order valence-electron chi connectivity index (χ0n) is 16.0. The first-order valence-corrected chi connectivity index (χ1v) is 9.29. The molecule has 0 unspecified atom stereocenters. The molecule has 0 fully saturated rings. The smallest absolute Gasteiger partial charge is 0.348 e. The summed E-state index contributed by atoms with van der Waals surface area (Å²) < 4.78 is 11.6. The number of carbonyl (C=O) groups excluding carboxylic acids is 3. The van der Waals surface area contributed by atoms with Crippen molar-refractivity contribution in [1.82, 2.24) is 9.78 Å². The molecule has 27 heavy (non-hydrogen) atoms. The van der Waals surface area contributed by atoms with Crippen LogP contribution in [-0.4, -0.2) is 41.3 Å². The third-order valence-electron chi connectivity index (χ3n) is 3.90. The molecule has 2 aromatic rings. The highest BCUT2D eigenvalue weighted by Gasteiger charge is 2.26. The SMILES string of the molecule is CCOC(=O)c1sc(NC(=O)CCn2nc(C)cc2C)c(C(=O)OC)c1C. The molecule has 9 heteroatoms. The van der Waals surface area contributed by atoms with Crippen molar-refractivity contribution in [2.24, 2.45) is 0 Å². The number of carbonyl (C=O) groups is 3. The van der Waals surface area contributed by atoms with E-state index in [2.05, 4.69) is 10.4 Å². The summed E-state index contributed by atoms with van der Waals surface area (Å²) >= 11 is 1.01. The number of ether oxygens (including phenoxy) is 2. The van der Waals surface area contributed by atoms with Gasteiger partial charge in [-0.2, -0.15) is 5.10 Å². The van der Waals surface area contributed by atoms with Gasteiger partial charge in [0.15, 0.2) is 0 Å². The normalized spacial score (nSPS) is 10.6. The van der Waals surface area contributed by atoms with Crippen molar-refractivity contribution in [3.8, 4) is 0 Å². The van der Waals surface area contributed by atoms with Gasteiger partial charge in [0.25, 0.3) is 0 Å². The van der Waals surface area contributed by atoms with Crippen LogP contribution in [0.4, 0.5) is 5.00 Å². The number of anilines is 1. The van der Waals surface area contributed by atoms with Gasteiger partial charge in [-0.15, -0.1) is 11.3 Å². The van der Waals surface area contributed by atoms with Crippen molar-refractivity contribution < 1.29 is 23.9 Å². The summed E-state index contributed by atoms with van der Waals surface area (Å²) in [6.45, 7) is 7.76. The summed E-state index contributed by atoms with van der Waals surface area (Å²) in [5.74, 6) is -1.44. The molecular weight excluding hydrogens is 370 g/mol. The van der Waals surface area contributed by atoms with E-state index in [1.54, 1.807) is 18.5 Å². The zero-order chi connectivity index (χ0) is 20.1. The van der Waals surface area contributed by atoms with Crippen LogP contribution in [0.5, 0.6) is 0 Å². The largest absolute Gasteiger partial charge is 0.465 e. The molecule has 0 aromatic carbocycles. The predicted molar refractivity (Wildman–Crippen MR) is 101 cm³/mol. The van der Waals surface area contributed by atoms with Gasteiger partial charge in [-0.1, -0.05) is 0 Å². The average molecular weight is 393 g/mol. The molecule has 0 saturated carbocycles. The van der Waals surface area contributed by atoms with E-state index in [9.17, 15) is 14.4 Å². The molecule has 0 radical (unpaired) electrons. The van der Waals surface area contributed by atoms with E-state index in [1.807, 2.05) is 19.9 Å². The van der Waals surface area contributed by atoms with Crippen LogP contribution in [0.15, 0.2) is 6.07 Å². The van der Waals surface area contributed by atoms with Crippen LogP contribution < -0.4 is 5.32 Å². The van der Waals surface area contributed by atoms with Gasteiger partial charge in [0, 0.05) is 18.7 Å². The van der Waals surface area contributed by atoms with Crippen LogP contribution in [-0.2, 0) is 20.8 Å². The van der Waals surface area contributed by atoms with Crippen LogP contribution in [0, 0.1) is 20.8 Å². The molecule has 1 N–H and O–H groups in total. The summed E-state index contributed by atoms with van der Waals surface area (Å²) in [4.78, 5) is 36.9. The van der Waals surface area contributed by atoms with Gasteiger partial charge in [0.05, 0.1) is 25.0 Å². The Labute approximate surface area is 161 Å². The summed E-state index contributed by atoms with van der Waals surface area (Å²) in [5.41, 5.74) is 2.45. The number of rotatable bonds is 7. The van der Waals surface area contributed by atoms with Crippen molar-refractivity contribution in [2.75, 3.05) is 19.0 Å².